The zero-order chi connectivity index (χ0) is 21.6. The summed E-state index contributed by atoms with van der Waals surface area (Å²) in [6, 6.07) is 3.27. The van der Waals surface area contributed by atoms with Gasteiger partial charge >= 0.3 is 5.97 Å². The van der Waals surface area contributed by atoms with Crippen LogP contribution < -0.4 is 0 Å². The van der Waals surface area contributed by atoms with Gasteiger partial charge in [-0.25, -0.2) is 0 Å². The summed E-state index contributed by atoms with van der Waals surface area (Å²) in [4.78, 5) is 21.7. The number of aromatic hydroxyl groups is 2. The number of hydrogen-bond donors (Lipinski definition) is 3. The molecule has 0 aliphatic heterocycles. The van der Waals surface area contributed by atoms with Gasteiger partial charge in [-0.3, -0.25) is 9.59 Å². The van der Waals surface area contributed by atoms with Crippen LogP contribution in [0.2, 0.25) is 0 Å². The van der Waals surface area contributed by atoms with E-state index < -0.39 is 11.4 Å². The molecule has 6 nitrogen and oxygen atoms in total. The second-order valence-electron chi connectivity index (χ2n) is 9.22. The highest BCUT2D eigenvalue weighted by Gasteiger charge is 2.49. The van der Waals surface area contributed by atoms with Crippen LogP contribution in [0, 0.1) is 5.41 Å². The van der Waals surface area contributed by atoms with Crippen LogP contribution in [-0.2, 0) is 27.2 Å². The van der Waals surface area contributed by atoms with Gasteiger partial charge in [-0.2, -0.15) is 0 Å². The molecule has 2 aliphatic carbocycles. The maximum atomic E-state index is 11.2. The number of aryl methyl sites for hydroxylation is 2. The van der Waals surface area contributed by atoms with Crippen molar-refractivity contribution in [2.45, 2.75) is 95.5 Å². The van der Waals surface area contributed by atoms with Crippen molar-refractivity contribution in [3.05, 3.63) is 23.3 Å². The Morgan fingerprint density at radius 3 is 1.93 bits per heavy atom. The third-order valence-corrected chi connectivity index (χ3v) is 6.85. The number of aliphatic carboxylic acids is 1. The molecule has 3 rings (SSSR count). The summed E-state index contributed by atoms with van der Waals surface area (Å²) in [6.07, 6.45) is 12.1. The molecule has 0 bridgehead atoms. The predicted octanol–water partition coefficient (Wildman–Crippen LogP) is 4.87. The summed E-state index contributed by atoms with van der Waals surface area (Å²) < 4.78 is 5.16. The first-order chi connectivity index (χ1) is 14.4. The molecule has 0 radical (unpaired) electrons. The van der Waals surface area contributed by atoms with Gasteiger partial charge in [-0.05, 0) is 93.9 Å². The van der Waals surface area contributed by atoms with Crippen molar-refractivity contribution in [1.29, 1.82) is 0 Å². The second kappa shape index (κ2) is 9.71. The molecule has 2 fully saturated rings. The van der Waals surface area contributed by atoms with E-state index in [1.807, 2.05) is 0 Å². The first kappa shape index (κ1) is 22.4. The molecule has 1 aromatic carbocycles. The van der Waals surface area contributed by atoms with Crippen molar-refractivity contribution in [3.63, 3.8) is 0 Å². The molecular formula is C24H34O6. The Morgan fingerprint density at radius 2 is 1.47 bits per heavy atom. The smallest absolute Gasteiger partial charge is 0.309 e. The Hall–Kier alpha value is -2.24. The number of carboxylic acids is 1. The van der Waals surface area contributed by atoms with Crippen molar-refractivity contribution in [1.82, 2.24) is 0 Å². The summed E-state index contributed by atoms with van der Waals surface area (Å²) in [5.41, 5.74) is 0.878. The average Bonchev–Trinajstić information content (AvgIpc) is 3.62. The fourth-order valence-electron chi connectivity index (χ4n) is 4.41. The summed E-state index contributed by atoms with van der Waals surface area (Å²) in [5, 5.41) is 29.9. The number of benzene rings is 1. The van der Waals surface area contributed by atoms with E-state index in [0.717, 1.165) is 88.2 Å². The van der Waals surface area contributed by atoms with Gasteiger partial charge in [0.2, 0.25) is 0 Å². The van der Waals surface area contributed by atoms with E-state index in [0.29, 0.717) is 19.3 Å². The van der Waals surface area contributed by atoms with E-state index >= 15 is 0 Å². The number of carbonyl (C=O) groups is 2. The second-order valence-corrected chi connectivity index (χ2v) is 9.22. The minimum atomic E-state index is -0.665. The van der Waals surface area contributed by atoms with Crippen molar-refractivity contribution in [2.24, 2.45) is 5.41 Å². The maximum Gasteiger partial charge on any atom is 0.309 e. The topological polar surface area (TPSA) is 104 Å². The zero-order valence-electron chi connectivity index (χ0n) is 17.7. The third-order valence-electron chi connectivity index (χ3n) is 6.85. The van der Waals surface area contributed by atoms with Crippen LogP contribution >= 0.6 is 0 Å². The number of unbranched alkanes of at least 4 members (excludes halogenated alkanes) is 4. The molecule has 0 spiro atoms. The normalized spacial score (nSPS) is 18.0. The van der Waals surface area contributed by atoms with Gasteiger partial charge in [0, 0.05) is 0 Å². The van der Waals surface area contributed by atoms with E-state index in [4.69, 9.17) is 4.74 Å². The summed E-state index contributed by atoms with van der Waals surface area (Å²) in [6.45, 7) is 0.551. The molecule has 0 amide bonds. The van der Waals surface area contributed by atoms with Gasteiger partial charge in [0.1, 0.15) is 17.1 Å². The molecule has 0 saturated heterocycles. The lowest BCUT2D eigenvalue weighted by Crippen LogP contribution is -2.14. The molecule has 1 aromatic rings. The minimum Gasteiger partial charge on any atom is -0.508 e. The van der Waals surface area contributed by atoms with Gasteiger partial charge in [0.25, 0.3) is 6.47 Å². The summed E-state index contributed by atoms with van der Waals surface area (Å²) >= 11 is 0. The first-order valence-electron chi connectivity index (χ1n) is 11.3. The number of phenolic OH excluding ortho intramolecular Hbond substituents is 2. The van der Waals surface area contributed by atoms with Crippen LogP contribution in [0.5, 0.6) is 11.5 Å². The Balaban J connectivity index is 1.38. The first-order valence-corrected chi connectivity index (χ1v) is 11.3. The van der Waals surface area contributed by atoms with Crippen LogP contribution in [0.15, 0.2) is 12.1 Å². The molecule has 0 heterocycles. The molecular weight excluding hydrogens is 384 g/mol. The molecule has 2 saturated carbocycles. The Morgan fingerprint density at radius 1 is 0.900 bits per heavy atom. The van der Waals surface area contributed by atoms with E-state index in [2.05, 4.69) is 0 Å². The Kier molecular flexibility index (Phi) is 7.27. The highest BCUT2D eigenvalue weighted by molar-refractivity contribution is 5.77. The fourth-order valence-corrected chi connectivity index (χ4v) is 4.41. The fraction of sp³-hybridized carbons (Fsp3) is 0.667. The minimum absolute atomic E-state index is 0.178. The molecule has 0 unspecified atom stereocenters. The lowest BCUT2D eigenvalue weighted by atomic mass is 9.95. The lowest BCUT2D eigenvalue weighted by molar-refractivity contribution is -0.143. The van der Waals surface area contributed by atoms with E-state index in [-0.39, 0.29) is 17.1 Å². The Bertz CT molecular complexity index is 748. The standard InChI is InChI=1S/C24H34O6/c25-17-30-24(13-14-24)10-6-2-4-8-19-16-20(26)15-18(21(19)27)7-3-1-5-9-23(11-12-23)22(28)29/h15-17,26-27H,1-14H2,(H,28,29). The number of ether oxygens (including phenoxy) is 1. The van der Waals surface area contributed by atoms with Gasteiger partial charge in [-0.1, -0.05) is 19.3 Å². The highest BCUT2D eigenvalue weighted by atomic mass is 16.5. The van der Waals surface area contributed by atoms with Crippen LogP contribution in [-0.4, -0.2) is 33.4 Å². The molecule has 30 heavy (non-hydrogen) atoms. The van der Waals surface area contributed by atoms with Crippen molar-refractivity contribution in [3.8, 4) is 11.5 Å². The van der Waals surface area contributed by atoms with Crippen molar-refractivity contribution >= 4 is 12.4 Å². The SMILES string of the molecule is O=COC1(CCCCCc2cc(O)cc(CCCCCC3(C(=O)O)CC3)c2O)CC1. The predicted molar refractivity (Wildman–Crippen MR) is 113 cm³/mol. The van der Waals surface area contributed by atoms with E-state index in [1.54, 1.807) is 12.1 Å². The number of carboxylic acid groups (broad SMARTS) is 1. The van der Waals surface area contributed by atoms with Crippen molar-refractivity contribution < 1.29 is 29.6 Å². The quantitative estimate of drug-likeness (QED) is 0.213. The highest BCUT2D eigenvalue weighted by Crippen LogP contribution is 2.50. The van der Waals surface area contributed by atoms with Gasteiger partial charge in [-0.15, -0.1) is 0 Å². The monoisotopic (exact) mass is 418 g/mol. The Labute approximate surface area is 178 Å². The summed E-state index contributed by atoms with van der Waals surface area (Å²) in [5.74, 6) is -0.210. The van der Waals surface area contributed by atoms with Crippen LogP contribution in [0.3, 0.4) is 0 Å². The third kappa shape index (κ3) is 5.89. The zero-order valence-corrected chi connectivity index (χ0v) is 17.7. The van der Waals surface area contributed by atoms with E-state index in [1.165, 1.54) is 0 Å². The molecule has 0 atom stereocenters. The average molecular weight is 419 g/mol. The van der Waals surface area contributed by atoms with Gasteiger partial charge < -0.3 is 20.1 Å². The van der Waals surface area contributed by atoms with Gasteiger partial charge in [0.15, 0.2) is 0 Å². The number of carbonyl (C=O) groups excluding carboxylic acids is 1. The van der Waals surface area contributed by atoms with Crippen molar-refractivity contribution in [2.75, 3.05) is 0 Å². The number of phenols is 2. The largest absolute Gasteiger partial charge is 0.508 e. The van der Waals surface area contributed by atoms with Crippen LogP contribution in [0.1, 0.15) is 88.2 Å². The molecule has 0 aromatic heterocycles. The van der Waals surface area contributed by atoms with Gasteiger partial charge in [0.05, 0.1) is 5.41 Å². The lowest BCUT2D eigenvalue weighted by Gasteiger charge is -2.13. The van der Waals surface area contributed by atoms with E-state index in [9.17, 15) is 24.9 Å². The number of rotatable bonds is 15. The molecule has 6 heteroatoms. The molecule has 166 valence electrons. The number of hydrogen-bond acceptors (Lipinski definition) is 5. The van der Waals surface area contributed by atoms with Crippen LogP contribution in [0.25, 0.3) is 0 Å². The summed E-state index contributed by atoms with van der Waals surface area (Å²) in [7, 11) is 0. The maximum absolute atomic E-state index is 11.2. The van der Waals surface area contributed by atoms with Crippen LogP contribution in [0.4, 0.5) is 0 Å². The molecule has 2 aliphatic rings. The molecule has 3 N–H and O–H groups in total.